The van der Waals surface area contributed by atoms with Crippen molar-refractivity contribution in [3.8, 4) is 0 Å². The smallest absolute Gasteiger partial charge is 0.237 e. The Hall–Kier alpha value is -2.34. The molecule has 0 fully saturated rings. The molecule has 2 aromatic heterocycles. The van der Waals surface area contributed by atoms with Crippen LogP contribution in [0.15, 0.2) is 53.8 Å². The SMILES string of the molecule is O=C1Nc2ccccc2CCC1Sc1nnc2ccccn12. The molecule has 1 N–H and O–H groups in total. The fourth-order valence-electron chi connectivity index (χ4n) is 2.63. The first-order chi connectivity index (χ1) is 10.8. The highest BCUT2D eigenvalue weighted by atomic mass is 32.2. The molecule has 0 saturated heterocycles. The van der Waals surface area contributed by atoms with Gasteiger partial charge in [-0.3, -0.25) is 9.20 Å². The van der Waals surface area contributed by atoms with Gasteiger partial charge in [-0.2, -0.15) is 0 Å². The normalized spacial score (nSPS) is 17.8. The van der Waals surface area contributed by atoms with Gasteiger partial charge in [-0.1, -0.05) is 36.0 Å². The second-order valence-electron chi connectivity index (χ2n) is 5.20. The van der Waals surface area contributed by atoms with Crippen LogP contribution in [0.5, 0.6) is 0 Å². The molecule has 1 aliphatic heterocycles. The number of nitrogens with zero attached hydrogens (tertiary/aromatic N) is 3. The molecule has 1 atom stereocenters. The molecule has 5 nitrogen and oxygen atoms in total. The lowest BCUT2D eigenvalue weighted by Crippen LogP contribution is -2.23. The second-order valence-corrected chi connectivity index (χ2v) is 6.37. The van der Waals surface area contributed by atoms with Crippen molar-refractivity contribution in [3.63, 3.8) is 0 Å². The summed E-state index contributed by atoms with van der Waals surface area (Å²) >= 11 is 1.47. The van der Waals surface area contributed by atoms with Crippen LogP contribution in [0.25, 0.3) is 5.65 Å². The average Bonchev–Trinajstić information content (AvgIpc) is 2.88. The minimum atomic E-state index is -0.167. The second kappa shape index (κ2) is 5.46. The molecule has 3 aromatic rings. The van der Waals surface area contributed by atoms with E-state index >= 15 is 0 Å². The number of aryl methyl sites for hydroxylation is 1. The fraction of sp³-hybridized carbons (Fsp3) is 0.188. The van der Waals surface area contributed by atoms with E-state index < -0.39 is 0 Å². The first-order valence-electron chi connectivity index (χ1n) is 7.16. The van der Waals surface area contributed by atoms with Crippen LogP contribution < -0.4 is 5.32 Å². The van der Waals surface area contributed by atoms with Crippen LogP contribution in [0, 0.1) is 0 Å². The summed E-state index contributed by atoms with van der Waals surface area (Å²) < 4.78 is 1.91. The Balaban J connectivity index is 1.60. The van der Waals surface area contributed by atoms with Gasteiger partial charge >= 0.3 is 0 Å². The standard InChI is InChI=1S/C16H14N4OS/c21-15-13(9-8-11-5-1-2-6-12(11)17-15)22-16-19-18-14-7-3-4-10-20(14)16/h1-7,10,13H,8-9H2,(H,17,21). The molecule has 0 radical (unpaired) electrons. The summed E-state index contributed by atoms with van der Waals surface area (Å²) in [7, 11) is 0. The minimum absolute atomic E-state index is 0.0302. The van der Waals surface area contributed by atoms with E-state index in [2.05, 4.69) is 21.6 Å². The monoisotopic (exact) mass is 310 g/mol. The molecular weight excluding hydrogens is 296 g/mol. The summed E-state index contributed by atoms with van der Waals surface area (Å²) in [6.07, 6.45) is 3.58. The molecule has 1 unspecified atom stereocenters. The number of aromatic nitrogens is 3. The maximum Gasteiger partial charge on any atom is 0.237 e. The first-order valence-corrected chi connectivity index (χ1v) is 8.04. The Morgan fingerprint density at radius 2 is 2.00 bits per heavy atom. The zero-order valence-corrected chi connectivity index (χ0v) is 12.6. The van der Waals surface area contributed by atoms with Gasteiger partial charge in [-0.25, -0.2) is 0 Å². The molecule has 1 amide bonds. The number of pyridine rings is 1. The Labute approximate surface area is 131 Å². The highest BCUT2D eigenvalue weighted by molar-refractivity contribution is 8.00. The molecule has 3 heterocycles. The lowest BCUT2D eigenvalue weighted by molar-refractivity contribution is -0.115. The Morgan fingerprint density at radius 1 is 1.14 bits per heavy atom. The van der Waals surface area contributed by atoms with Gasteiger partial charge in [0.25, 0.3) is 0 Å². The lowest BCUT2D eigenvalue weighted by atomic mass is 10.1. The number of hydrogen-bond acceptors (Lipinski definition) is 4. The number of rotatable bonds is 2. The Morgan fingerprint density at radius 3 is 2.95 bits per heavy atom. The molecule has 0 saturated carbocycles. The van der Waals surface area contributed by atoms with Crippen LogP contribution in [0.1, 0.15) is 12.0 Å². The number of carbonyl (C=O) groups is 1. The number of fused-ring (bicyclic) bond motifs is 2. The van der Waals surface area contributed by atoms with Gasteiger partial charge in [-0.05, 0) is 36.6 Å². The number of nitrogens with one attached hydrogen (secondary N) is 1. The summed E-state index contributed by atoms with van der Waals surface area (Å²) in [5, 5.41) is 11.9. The molecule has 6 heteroatoms. The predicted octanol–water partition coefficient (Wildman–Crippen LogP) is 2.77. The molecule has 4 rings (SSSR count). The van der Waals surface area contributed by atoms with Crippen LogP contribution in [-0.4, -0.2) is 25.8 Å². The zero-order valence-electron chi connectivity index (χ0n) is 11.8. The minimum Gasteiger partial charge on any atom is -0.325 e. The summed E-state index contributed by atoms with van der Waals surface area (Å²) in [4.78, 5) is 12.4. The number of para-hydroxylation sites is 1. The topological polar surface area (TPSA) is 59.3 Å². The van der Waals surface area contributed by atoms with Crippen LogP contribution in [-0.2, 0) is 11.2 Å². The predicted molar refractivity (Wildman–Crippen MR) is 86.0 cm³/mol. The van der Waals surface area contributed by atoms with Crippen molar-refractivity contribution >= 4 is 29.0 Å². The molecule has 110 valence electrons. The van der Waals surface area contributed by atoms with Gasteiger partial charge in [0.1, 0.15) is 0 Å². The first kappa shape index (κ1) is 13.3. The maximum absolute atomic E-state index is 12.4. The van der Waals surface area contributed by atoms with E-state index in [-0.39, 0.29) is 11.2 Å². The van der Waals surface area contributed by atoms with Gasteiger partial charge in [-0.15, -0.1) is 10.2 Å². The number of carbonyl (C=O) groups excluding carboxylic acids is 1. The van der Waals surface area contributed by atoms with Crippen LogP contribution >= 0.6 is 11.8 Å². The molecule has 0 spiro atoms. The molecule has 1 aromatic carbocycles. The van der Waals surface area contributed by atoms with Gasteiger partial charge in [0, 0.05) is 11.9 Å². The van der Waals surface area contributed by atoms with Crippen molar-refractivity contribution in [1.82, 2.24) is 14.6 Å². The fourth-order valence-corrected chi connectivity index (χ4v) is 3.64. The average molecular weight is 310 g/mol. The molecule has 22 heavy (non-hydrogen) atoms. The third-order valence-corrected chi connectivity index (χ3v) is 5.00. The van der Waals surface area contributed by atoms with Crippen LogP contribution in [0.2, 0.25) is 0 Å². The van der Waals surface area contributed by atoms with Crippen molar-refractivity contribution in [1.29, 1.82) is 0 Å². The lowest BCUT2D eigenvalue weighted by Gasteiger charge is -2.11. The van der Waals surface area contributed by atoms with Gasteiger partial charge in [0.2, 0.25) is 5.91 Å². The van der Waals surface area contributed by atoms with E-state index in [4.69, 9.17) is 0 Å². The summed E-state index contributed by atoms with van der Waals surface area (Å²) in [5.41, 5.74) is 2.90. The zero-order chi connectivity index (χ0) is 14.9. The third kappa shape index (κ3) is 2.35. The van der Waals surface area contributed by atoms with E-state index in [1.807, 2.05) is 47.0 Å². The number of anilines is 1. The largest absolute Gasteiger partial charge is 0.325 e. The van der Waals surface area contributed by atoms with Gasteiger partial charge in [0.15, 0.2) is 10.8 Å². The van der Waals surface area contributed by atoms with Crippen LogP contribution in [0.3, 0.4) is 0 Å². The number of hydrogen-bond donors (Lipinski definition) is 1. The van der Waals surface area contributed by atoms with E-state index in [9.17, 15) is 4.79 Å². The molecule has 0 bridgehead atoms. The van der Waals surface area contributed by atoms with Gasteiger partial charge in [0.05, 0.1) is 5.25 Å². The molecule has 0 aliphatic carbocycles. The number of benzene rings is 1. The Bertz CT molecular complexity index is 845. The van der Waals surface area contributed by atoms with E-state index in [0.29, 0.717) is 0 Å². The van der Waals surface area contributed by atoms with Gasteiger partial charge < -0.3 is 5.32 Å². The number of amides is 1. The highest BCUT2D eigenvalue weighted by Gasteiger charge is 2.26. The quantitative estimate of drug-likeness (QED) is 0.791. The van der Waals surface area contributed by atoms with E-state index in [0.717, 1.165) is 29.3 Å². The highest BCUT2D eigenvalue weighted by Crippen LogP contribution is 2.30. The van der Waals surface area contributed by atoms with Crippen molar-refractivity contribution in [2.45, 2.75) is 23.2 Å². The van der Waals surface area contributed by atoms with E-state index in [1.165, 1.54) is 17.3 Å². The Kier molecular flexibility index (Phi) is 3.31. The molecular formula is C16H14N4OS. The van der Waals surface area contributed by atoms with Crippen molar-refractivity contribution < 1.29 is 4.79 Å². The third-order valence-electron chi connectivity index (χ3n) is 3.77. The van der Waals surface area contributed by atoms with Crippen molar-refractivity contribution in [3.05, 3.63) is 54.2 Å². The van der Waals surface area contributed by atoms with Crippen molar-refractivity contribution in [2.75, 3.05) is 5.32 Å². The summed E-state index contributed by atoms with van der Waals surface area (Å²) in [6.45, 7) is 0. The summed E-state index contributed by atoms with van der Waals surface area (Å²) in [6, 6.07) is 13.7. The summed E-state index contributed by atoms with van der Waals surface area (Å²) in [5.74, 6) is 0.0302. The van der Waals surface area contributed by atoms with Crippen LogP contribution in [0.4, 0.5) is 5.69 Å². The van der Waals surface area contributed by atoms with Crippen molar-refractivity contribution in [2.24, 2.45) is 0 Å². The van der Waals surface area contributed by atoms with E-state index in [1.54, 1.807) is 0 Å². The molecule has 1 aliphatic rings. The number of thioether (sulfide) groups is 1. The maximum atomic E-state index is 12.4.